The summed E-state index contributed by atoms with van der Waals surface area (Å²) in [6, 6.07) is 5.74. The Balaban J connectivity index is -0.000000744. The minimum Gasteiger partial charge on any atom is -0.496 e. The van der Waals surface area contributed by atoms with E-state index in [9.17, 15) is 0 Å². The average molecular weight is 538 g/mol. The van der Waals surface area contributed by atoms with Gasteiger partial charge >= 0.3 is 0 Å². The molecule has 0 saturated carbocycles. The maximum absolute atomic E-state index is 6.11. The lowest BCUT2D eigenvalue weighted by Crippen LogP contribution is -2.26. The van der Waals surface area contributed by atoms with E-state index in [1.54, 1.807) is 7.11 Å². The van der Waals surface area contributed by atoms with Gasteiger partial charge in [-0.05, 0) is 50.9 Å². The standard InChI is InChI=1S/C19H28ClN3O.C9H20.2C2H6/c1-6-10-22-13-14(2)19(23(4)11-9-15(3)21)17-8-7-16(20)12-18(17)24-5;1-4-5-6-7-8-9(2)3;2*1-2/h7-10,12-13,19H,6,11,21H2,1-5H3;9H,4-8H2,1-3H3;2*1-2H3/b14-13+,15-9+,22-10?;;;. The van der Waals surface area contributed by atoms with E-state index in [1.807, 2.05) is 71.3 Å². The lowest BCUT2D eigenvalue weighted by Gasteiger charge is -2.29. The molecule has 0 radical (unpaired) electrons. The highest BCUT2D eigenvalue weighted by Crippen LogP contribution is 2.35. The summed E-state index contributed by atoms with van der Waals surface area (Å²) in [4.78, 5) is 6.57. The third-order valence-corrected chi connectivity index (χ3v) is 5.50. The predicted octanol–water partition coefficient (Wildman–Crippen LogP) is 10.2. The van der Waals surface area contributed by atoms with Crippen molar-refractivity contribution < 1.29 is 4.74 Å². The van der Waals surface area contributed by atoms with Gasteiger partial charge in [-0.2, -0.15) is 0 Å². The number of methoxy groups -OCH3 is 1. The molecule has 0 saturated heterocycles. The van der Waals surface area contributed by atoms with Crippen LogP contribution in [0.4, 0.5) is 0 Å². The molecule has 37 heavy (non-hydrogen) atoms. The van der Waals surface area contributed by atoms with Crippen molar-refractivity contribution in [3.63, 3.8) is 0 Å². The van der Waals surface area contributed by atoms with Crippen LogP contribution in [0.1, 0.15) is 119 Å². The third kappa shape index (κ3) is 20.9. The zero-order chi connectivity index (χ0) is 29.2. The van der Waals surface area contributed by atoms with Gasteiger partial charge in [0.15, 0.2) is 0 Å². The summed E-state index contributed by atoms with van der Waals surface area (Å²) in [5, 5.41) is 0.653. The van der Waals surface area contributed by atoms with Gasteiger partial charge in [-0.1, -0.05) is 111 Å². The van der Waals surface area contributed by atoms with E-state index in [1.165, 1.54) is 32.1 Å². The van der Waals surface area contributed by atoms with Gasteiger partial charge in [0.05, 0.1) is 13.2 Å². The summed E-state index contributed by atoms with van der Waals surface area (Å²) in [6.45, 7) is 21.6. The lowest BCUT2D eigenvalue weighted by molar-refractivity contribution is 0.294. The molecule has 1 aromatic carbocycles. The first-order valence-corrected chi connectivity index (χ1v) is 14.7. The van der Waals surface area contributed by atoms with Gasteiger partial charge in [0.25, 0.3) is 0 Å². The molecule has 4 nitrogen and oxygen atoms in total. The summed E-state index contributed by atoms with van der Waals surface area (Å²) in [5.74, 6) is 1.67. The van der Waals surface area contributed by atoms with Gasteiger partial charge in [0, 0.05) is 35.2 Å². The van der Waals surface area contributed by atoms with Crippen molar-refractivity contribution in [3.8, 4) is 5.75 Å². The smallest absolute Gasteiger partial charge is 0.125 e. The first-order chi connectivity index (χ1) is 17.7. The van der Waals surface area contributed by atoms with Crippen LogP contribution in [-0.4, -0.2) is 31.8 Å². The summed E-state index contributed by atoms with van der Waals surface area (Å²) >= 11 is 6.11. The number of rotatable bonds is 13. The molecule has 2 N–H and O–H groups in total. The molecule has 1 unspecified atom stereocenters. The van der Waals surface area contributed by atoms with Gasteiger partial charge in [-0.15, -0.1) is 0 Å². The highest BCUT2D eigenvalue weighted by Gasteiger charge is 2.22. The second-order valence-electron chi connectivity index (χ2n) is 9.03. The summed E-state index contributed by atoms with van der Waals surface area (Å²) in [5.41, 5.74) is 8.75. The Morgan fingerprint density at radius 2 is 1.70 bits per heavy atom. The molecule has 0 bridgehead atoms. The number of unbranched alkanes of at least 4 members (excludes halogenated alkanes) is 3. The van der Waals surface area contributed by atoms with E-state index in [2.05, 4.69) is 51.6 Å². The van der Waals surface area contributed by atoms with Crippen LogP contribution in [0.2, 0.25) is 5.02 Å². The SMILES string of the molecule is CC.CC.CCC=N/C=C(\C)C(c1ccc(Cl)cc1OC)N(C)C/C=C(\C)N.CCCCCCC(C)C. The molecule has 0 aliphatic heterocycles. The second-order valence-corrected chi connectivity index (χ2v) is 9.47. The maximum atomic E-state index is 6.11. The number of allylic oxidation sites excluding steroid dienone is 1. The molecule has 0 spiro atoms. The monoisotopic (exact) mass is 537 g/mol. The lowest BCUT2D eigenvalue weighted by atomic mass is 9.98. The Bertz CT molecular complexity index is 738. The van der Waals surface area contributed by atoms with Crippen LogP contribution in [0, 0.1) is 5.92 Å². The highest BCUT2D eigenvalue weighted by atomic mass is 35.5. The number of benzene rings is 1. The Hall–Kier alpha value is -1.78. The van der Waals surface area contributed by atoms with Crippen molar-refractivity contribution >= 4 is 17.8 Å². The molecule has 216 valence electrons. The van der Waals surface area contributed by atoms with Crippen LogP contribution in [0.25, 0.3) is 0 Å². The van der Waals surface area contributed by atoms with E-state index >= 15 is 0 Å². The quantitative estimate of drug-likeness (QED) is 0.201. The molecule has 0 aliphatic carbocycles. The van der Waals surface area contributed by atoms with Crippen molar-refractivity contribution in [1.82, 2.24) is 4.90 Å². The first kappa shape index (κ1) is 39.7. The van der Waals surface area contributed by atoms with Crippen LogP contribution in [-0.2, 0) is 0 Å². The molecule has 0 amide bonds. The topological polar surface area (TPSA) is 50.8 Å². The first-order valence-electron chi connectivity index (χ1n) is 14.3. The normalized spacial score (nSPS) is 12.3. The minimum absolute atomic E-state index is 0.0156. The molecule has 0 fully saturated rings. The van der Waals surface area contributed by atoms with Crippen LogP contribution in [0.5, 0.6) is 5.75 Å². The van der Waals surface area contributed by atoms with E-state index in [0.717, 1.165) is 41.5 Å². The molecule has 0 heterocycles. The Morgan fingerprint density at radius 1 is 1.08 bits per heavy atom. The number of halogens is 1. The largest absolute Gasteiger partial charge is 0.496 e. The van der Waals surface area contributed by atoms with Gasteiger partial charge in [-0.25, -0.2) is 0 Å². The zero-order valence-electron chi connectivity index (χ0n) is 26.3. The van der Waals surface area contributed by atoms with E-state index < -0.39 is 0 Å². The van der Waals surface area contributed by atoms with Crippen molar-refractivity contribution in [3.05, 3.63) is 52.3 Å². The second kappa shape index (κ2) is 27.3. The number of nitrogens with zero attached hydrogens (tertiary/aromatic N) is 2. The summed E-state index contributed by atoms with van der Waals surface area (Å²) in [7, 11) is 3.71. The number of aliphatic imine (C=N–C) groups is 1. The van der Waals surface area contributed by atoms with Gasteiger partial charge in [0.1, 0.15) is 5.75 Å². The van der Waals surface area contributed by atoms with Gasteiger partial charge < -0.3 is 10.5 Å². The van der Waals surface area contributed by atoms with E-state index in [-0.39, 0.29) is 6.04 Å². The molecule has 0 aromatic heterocycles. The zero-order valence-corrected chi connectivity index (χ0v) is 27.1. The van der Waals surface area contributed by atoms with Gasteiger partial charge in [0.2, 0.25) is 0 Å². The van der Waals surface area contributed by atoms with Crippen LogP contribution in [0.3, 0.4) is 0 Å². The summed E-state index contributed by atoms with van der Waals surface area (Å²) in [6.07, 6.45) is 13.8. The number of hydrogen-bond donors (Lipinski definition) is 1. The maximum Gasteiger partial charge on any atom is 0.125 e. The fourth-order valence-corrected chi connectivity index (χ4v) is 3.62. The van der Waals surface area contributed by atoms with Crippen molar-refractivity contribution in [1.29, 1.82) is 0 Å². The third-order valence-electron chi connectivity index (χ3n) is 5.26. The number of ether oxygens (including phenoxy) is 1. The molecule has 1 aromatic rings. The minimum atomic E-state index is 0.0156. The van der Waals surface area contributed by atoms with Crippen LogP contribution < -0.4 is 10.5 Å². The number of likely N-dealkylation sites (N-methyl/N-ethyl adjacent to an activating group) is 1. The van der Waals surface area contributed by atoms with Crippen molar-refractivity contribution in [2.24, 2.45) is 16.6 Å². The molecule has 5 heteroatoms. The van der Waals surface area contributed by atoms with E-state index in [0.29, 0.717) is 5.02 Å². The fourth-order valence-electron chi connectivity index (χ4n) is 3.46. The molecule has 1 rings (SSSR count). The fraction of sp³-hybridized carbons (Fsp3) is 0.656. The van der Waals surface area contributed by atoms with Gasteiger partial charge in [-0.3, -0.25) is 9.89 Å². The van der Waals surface area contributed by atoms with Crippen LogP contribution in [0.15, 0.2) is 46.7 Å². The van der Waals surface area contributed by atoms with Crippen molar-refractivity contribution in [2.45, 2.75) is 114 Å². The predicted molar refractivity (Wildman–Crippen MR) is 170 cm³/mol. The molecule has 1 atom stereocenters. The Morgan fingerprint density at radius 3 is 2.19 bits per heavy atom. The number of hydrogen-bond acceptors (Lipinski definition) is 4. The Labute approximate surface area is 236 Å². The molecular formula is C32H60ClN3O. The Kier molecular flexibility index (Phi) is 29.3. The van der Waals surface area contributed by atoms with E-state index in [4.69, 9.17) is 22.1 Å². The highest BCUT2D eigenvalue weighted by molar-refractivity contribution is 6.30. The molecular weight excluding hydrogens is 478 g/mol. The molecule has 0 aliphatic rings. The van der Waals surface area contributed by atoms with Crippen LogP contribution >= 0.6 is 11.6 Å². The van der Waals surface area contributed by atoms with Crippen molar-refractivity contribution in [2.75, 3.05) is 20.7 Å². The summed E-state index contributed by atoms with van der Waals surface area (Å²) < 4.78 is 5.54. The average Bonchev–Trinajstić information content (AvgIpc) is 2.89. The number of nitrogens with two attached hydrogens (primary N) is 1.